The Labute approximate surface area is 157 Å². The Balaban J connectivity index is 2.71. The van der Waals surface area contributed by atoms with E-state index in [9.17, 15) is 22.1 Å². The Bertz CT molecular complexity index is 784. The smallest absolute Gasteiger partial charge is 0.270 e. The van der Waals surface area contributed by atoms with Crippen LogP contribution in [0.3, 0.4) is 0 Å². The highest BCUT2D eigenvalue weighted by Crippen LogP contribution is 2.37. The second-order valence-corrected chi connectivity index (χ2v) is 8.90. The SMILES string of the molecule is CC(C)(C)[S@@+]([O-])N[C@@](c1ccc(F)c(F)c1)(c1ccc(CO)cn1)C(F)F. The second-order valence-electron chi connectivity index (χ2n) is 6.93. The third kappa shape index (κ3) is 4.43. The maximum absolute atomic E-state index is 14.4. The van der Waals surface area contributed by atoms with Crippen molar-refractivity contribution in [3.8, 4) is 0 Å². The number of nitrogens with zero attached hydrogens (tertiary/aromatic N) is 1. The molecule has 27 heavy (non-hydrogen) atoms. The molecule has 1 aromatic heterocycles. The van der Waals surface area contributed by atoms with E-state index in [1.54, 1.807) is 20.8 Å². The first kappa shape index (κ1) is 21.6. The number of rotatable bonds is 6. The highest BCUT2D eigenvalue weighted by Gasteiger charge is 2.51. The maximum Gasteiger partial charge on any atom is 0.270 e. The summed E-state index contributed by atoms with van der Waals surface area (Å²) in [7, 11) is 0. The molecule has 1 aromatic carbocycles. The van der Waals surface area contributed by atoms with E-state index in [4.69, 9.17) is 5.11 Å². The minimum Gasteiger partial charge on any atom is -0.598 e. The molecule has 2 atom stereocenters. The maximum atomic E-state index is 14.4. The van der Waals surface area contributed by atoms with Gasteiger partial charge in [-0.15, -0.1) is 4.72 Å². The van der Waals surface area contributed by atoms with Crippen molar-refractivity contribution in [1.82, 2.24) is 9.71 Å². The van der Waals surface area contributed by atoms with Crippen molar-refractivity contribution in [2.75, 3.05) is 0 Å². The lowest BCUT2D eigenvalue weighted by Crippen LogP contribution is -2.56. The zero-order valence-corrected chi connectivity index (χ0v) is 15.8. The molecule has 0 radical (unpaired) electrons. The lowest BCUT2D eigenvalue weighted by atomic mass is 9.87. The number of halogens is 4. The quantitative estimate of drug-likeness (QED) is 0.572. The van der Waals surface area contributed by atoms with Crippen LogP contribution in [0.5, 0.6) is 0 Å². The summed E-state index contributed by atoms with van der Waals surface area (Å²) in [5.74, 6) is -2.50. The first-order valence-electron chi connectivity index (χ1n) is 8.02. The molecular formula is C18H20F4N2O2S. The number of hydrogen-bond donors (Lipinski definition) is 2. The van der Waals surface area contributed by atoms with Crippen LogP contribution in [0.4, 0.5) is 17.6 Å². The van der Waals surface area contributed by atoms with E-state index in [0.717, 1.165) is 12.1 Å². The average molecular weight is 404 g/mol. The van der Waals surface area contributed by atoms with E-state index < -0.39 is 39.7 Å². The van der Waals surface area contributed by atoms with Crippen molar-refractivity contribution in [2.24, 2.45) is 0 Å². The molecule has 4 nitrogen and oxygen atoms in total. The molecule has 2 N–H and O–H groups in total. The van der Waals surface area contributed by atoms with Crippen LogP contribution >= 0.6 is 0 Å². The second kappa shape index (κ2) is 8.14. The molecule has 148 valence electrons. The van der Waals surface area contributed by atoms with Gasteiger partial charge in [-0.3, -0.25) is 4.98 Å². The average Bonchev–Trinajstić information content (AvgIpc) is 2.61. The van der Waals surface area contributed by atoms with Crippen LogP contribution in [0, 0.1) is 11.6 Å². The fraction of sp³-hybridized carbons (Fsp3) is 0.389. The number of aliphatic hydroxyl groups excluding tert-OH is 1. The highest BCUT2D eigenvalue weighted by atomic mass is 32.2. The van der Waals surface area contributed by atoms with Gasteiger partial charge in [-0.25, -0.2) is 17.6 Å². The molecule has 0 unspecified atom stereocenters. The van der Waals surface area contributed by atoms with Crippen molar-refractivity contribution in [1.29, 1.82) is 0 Å². The summed E-state index contributed by atoms with van der Waals surface area (Å²) >= 11 is -1.98. The number of pyridine rings is 1. The zero-order chi connectivity index (χ0) is 20.4. The van der Waals surface area contributed by atoms with Crippen LogP contribution in [0.15, 0.2) is 36.5 Å². The van der Waals surface area contributed by atoms with Gasteiger partial charge in [-0.1, -0.05) is 12.1 Å². The van der Waals surface area contributed by atoms with Crippen LogP contribution in [-0.2, 0) is 23.5 Å². The normalized spacial score (nSPS) is 15.6. The Kier molecular flexibility index (Phi) is 6.51. The Morgan fingerprint density at radius 3 is 2.26 bits per heavy atom. The van der Waals surface area contributed by atoms with Gasteiger partial charge < -0.3 is 9.66 Å². The molecule has 0 saturated heterocycles. The van der Waals surface area contributed by atoms with E-state index in [1.807, 2.05) is 0 Å². The van der Waals surface area contributed by atoms with Crippen LogP contribution in [-0.4, -0.2) is 25.8 Å². The third-order valence-electron chi connectivity index (χ3n) is 3.92. The summed E-state index contributed by atoms with van der Waals surface area (Å²) in [6.45, 7) is 4.40. The van der Waals surface area contributed by atoms with Gasteiger partial charge in [0.25, 0.3) is 6.43 Å². The summed E-state index contributed by atoms with van der Waals surface area (Å²) in [5.41, 5.74) is -2.62. The molecular weight excluding hydrogens is 384 g/mol. The van der Waals surface area contributed by atoms with E-state index in [1.165, 1.54) is 18.3 Å². The minimum atomic E-state index is -3.19. The monoisotopic (exact) mass is 404 g/mol. The molecule has 0 aliphatic carbocycles. The molecule has 9 heteroatoms. The Hall–Kier alpha value is -1.68. The van der Waals surface area contributed by atoms with Gasteiger partial charge in [0.15, 0.2) is 17.2 Å². The van der Waals surface area contributed by atoms with Gasteiger partial charge >= 0.3 is 0 Å². The van der Waals surface area contributed by atoms with Crippen LogP contribution in [0.1, 0.15) is 37.6 Å². The summed E-state index contributed by atoms with van der Waals surface area (Å²) in [5, 5.41) is 9.13. The van der Waals surface area contributed by atoms with Gasteiger partial charge in [0.05, 0.1) is 12.3 Å². The number of alkyl halides is 2. The molecule has 0 aliphatic rings. The van der Waals surface area contributed by atoms with Gasteiger partial charge in [0.1, 0.15) is 4.75 Å². The van der Waals surface area contributed by atoms with Crippen molar-refractivity contribution < 1.29 is 27.2 Å². The number of aromatic nitrogens is 1. The van der Waals surface area contributed by atoms with Crippen LogP contribution in [0.25, 0.3) is 0 Å². The topological polar surface area (TPSA) is 68.2 Å². The molecule has 0 fully saturated rings. The number of benzene rings is 1. The van der Waals surface area contributed by atoms with E-state index in [0.29, 0.717) is 11.6 Å². The Morgan fingerprint density at radius 2 is 1.81 bits per heavy atom. The minimum absolute atomic E-state index is 0.238. The van der Waals surface area contributed by atoms with Gasteiger partial charge in [-0.2, -0.15) is 0 Å². The summed E-state index contributed by atoms with van der Waals surface area (Å²) in [6.07, 6.45) is -2.00. The first-order chi connectivity index (χ1) is 12.5. The van der Waals surface area contributed by atoms with Gasteiger partial charge in [0, 0.05) is 17.6 Å². The van der Waals surface area contributed by atoms with Gasteiger partial charge in [-0.05, 0) is 50.1 Å². The lowest BCUT2D eigenvalue weighted by Gasteiger charge is -2.37. The van der Waals surface area contributed by atoms with E-state index >= 15 is 0 Å². The molecule has 0 bridgehead atoms. The number of hydrogen-bond acceptors (Lipinski definition) is 4. The first-order valence-corrected chi connectivity index (χ1v) is 9.17. The van der Waals surface area contributed by atoms with Crippen LogP contribution < -0.4 is 4.72 Å². The Morgan fingerprint density at radius 1 is 1.15 bits per heavy atom. The zero-order valence-electron chi connectivity index (χ0n) is 15.0. The predicted molar refractivity (Wildman–Crippen MR) is 94.3 cm³/mol. The van der Waals surface area contributed by atoms with Gasteiger partial charge in [0.2, 0.25) is 0 Å². The molecule has 2 rings (SSSR count). The summed E-state index contributed by atoms with van der Waals surface area (Å²) in [6, 6.07) is 4.97. The standard InChI is InChI=1S/C18H20F4N2O2S/c1-17(2,3)27(26)24-18(16(21)22,12-5-6-13(19)14(20)8-12)15-7-4-11(10-25)9-23-15/h4-9,16,24-25H,10H2,1-3H3/t18-,27+/m0/s1. The number of nitrogens with one attached hydrogen (secondary N) is 1. The van der Waals surface area contributed by atoms with Crippen molar-refractivity contribution in [3.05, 3.63) is 65.0 Å². The fourth-order valence-corrected chi connectivity index (χ4v) is 3.24. The summed E-state index contributed by atoms with van der Waals surface area (Å²) in [4.78, 5) is 3.95. The van der Waals surface area contributed by atoms with Crippen LogP contribution in [0.2, 0.25) is 0 Å². The molecule has 0 spiro atoms. The van der Waals surface area contributed by atoms with E-state index in [2.05, 4.69) is 9.71 Å². The molecule has 0 saturated carbocycles. The fourth-order valence-electron chi connectivity index (χ4n) is 2.33. The molecule has 0 amide bonds. The molecule has 2 aromatic rings. The lowest BCUT2D eigenvalue weighted by molar-refractivity contribution is 0.0617. The molecule has 0 aliphatic heterocycles. The van der Waals surface area contributed by atoms with Crippen molar-refractivity contribution in [3.63, 3.8) is 0 Å². The summed E-state index contributed by atoms with van der Waals surface area (Å²) < 4.78 is 70.0. The molecule has 1 heterocycles. The number of aliphatic hydroxyl groups is 1. The third-order valence-corrected chi connectivity index (χ3v) is 5.54. The highest BCUT2D eigenvalue weighted by molar-refractivity contribution is 7.90. The van der Waals surface area contributed by atoms with Crippen molar-refractivity contribution >= 4 is 11.4 Å². The predicted octanol–water partition coefficient (Wildman–Crippen LogP) is 3.41. The van der Waals surface area contributed by atoms with E-state index in [-0.39, 0.29) is 17.9 Å². The largest absolute Gasteiger partial charge is 0.598 e. The van der Waals surface area contributed by atoms with Crippen molar-refractivity contribution in [2.45, 2.75) is 44.1 Å².